The van der Waals surface area contributed by atoms with Gasteiger partial charge >= 0.3 is 11.9 Å². The van der Waals surface area contributed by atoms with Gasteiger partial charge in [-0.25, -0.2) is 0 Å². The summed E-state index contributed by atoms with van der Waals surface area (Å²) >= 11 is 0. The standard InChI is InChI=1S/C41H76O5/c1-3-5-7-9-11-13-15-17-18-19-20-21-22-24-26-28-30-32-34-36-41(44)46-38-39(42)37-45-40(43)35-33-31-29-27-25-23-16-14-12-10-8-6-4-2/h11,13,17-18,39,42H,3-10,12,14-16,19-38H2,1-2H3/b13-11-,18-17-/t39-/m1/s1. The number of esters is 2. The maximum absolute atomic E-state index is 12.0. The molecule has 0 bridgehead atoms. The fraction of sp³-hybridized carbons (Fsp3) is 0.854. The Labute approximate surface area is 285 Å². The van der Waals surface area contributed by atoms with Crippen molar-refractivity contribution < 1.29 is 24.2 Å². The molecular formula is C41H76O5. The van der Waals surface area contributed by atoms with Gasteiger partial charge in [0.15, 0.2) is 0 Å². The Morgan fingerprint density at radius 3 is 1.15 bits per heavy atom. The molecule has 46 heavy (non-hydrogen) atoms. The molecule has 1 atom stereocenters. The van der Waals surface area contributed by atoms with E-state index < -0.39 is 6.10 Å². The third-order valence-electron chi connectivity index (χ3n) is 8.69. The highest BCUT2D eigenvalue weighted by molar-refractivity contribution is 5.69. The number of allylic oxidation sites excluding steroid dienone is 4. The summed E-state index contributed by atoms with van der Waals surface area (Å²) in [6.07, 6.45) is 43.7. The van der Waals surface area contributed by atoms with Gasteiger partial charge in [-0.3, -0.25) is 9.59 Å². The molecule has 5 nitrogen and oxygen atoms in total. The van der Waals surface area contributed by atoms with E-state index in [1.165, 1.54) is 141 Å². The Hall–Kier alpha value is -1.62. The fourth-order valence-corrected chi connectivity index (χ4v) is 5.65. The minimum Gasteiger partial charge on any atom is -0.463 e. The minimum absolute atomic E-state index is 0.113. The Morgan fingerprint density at radius 2 is 0.761 bits per heavy atom. The first-order valence-corrected chi connectivity index (χ1v) is 19.9. The molecule has 0 spiro atoms. The van der Waals surface area contributed by atoms with Gasteiger partial charge in [0, 0.05) is 12.8 Å². The average molecular weight is 649 g/mol. The molecule has 0 aliphatic carbocycles. The first-order chi connectivity index (χ1) is 22.6. The second-order valence-corrected chi connectivity index (χ2v) is 13.4. The normalized spacial score (nSPS) is 12.3. The number of hydrogen-bond acceptors (Lipinski definition) is 5. The van der Waals surface area contributed by atoms with Crippen LogP contribution in [0.5, 0.6) is 0 Å². The van der Waals surface area contributed by atoms with Crippen LogP contribution < -0.4 is 0 Å². The predicted molar refractivity (Wildman–Crippen MR) is 196 cm³/mol. The Kier molecular flexibility index (Phi) is 36.5. The average Bonchev–Trinajstić information content (AvgIpc) is 3.06. The second kappa shape index (κ2) is 37.8. The van der Waals surface area contributed by atoms with Crippen LogP contribution in [-0.4, -0.2) is 36.4 Å². The van der Waals surface area contributed by atoms with Crippen molar-refractivity contribution in [2.45, 2.75) is 213 Å². The summed E-state index contributed by atoms with van der Waals surface area (Å²) < 4.78 is 10.3. The third kappa shape index (κ3) is 36.8. The van der Waals surface area contributed by atoms with E-state index in [0.717, 1.165) is 38.5 Å². The van der Waals surface area contributed by atoms with E-state index in [2.05, 4.69) is 38.2 Å². The van der Waals surface area contributed by atoms with Crippen molar-refractivity contribution in [1.82, 2.24) is 0 Å². The number of rotatable bonds is 36. The van der Waals surface area contributed by atoms with E-state index in [1.54, 1.807) is 0 Å². The van der Waals surface area contributed by atoms with E-state index in [4.69, 9.17) is 9.47 Å². The summed E-state index contributed by atoms with van der Waals surface area (Å²) in [6.45, 7) is 4.28. The number of aliphatic hydroxyl groups excluding tert-OH is 1. The smallest absolute Gasteiger partial charge is 0.305 e. The molecule has 1 N–H and O–H groups in total. The van der Waals surface area contributed by atoms with Gasteiger partial charge in [0.2, 0.25) is 0 Å². The molecule has 0 aromatic rings. The molecule has 0 saturated carbocycles. The highest BCUT2D eigenvalue weighted by Crippen LogP contribution is 2.14. The van der Waals surface area contributed by atoms with Crippen LogP contribution in [0.15, 0.2) is 24.3 Å². The lowest BCUT2D eigenvalue weighted by Crippen LogP contribution is -2.25. The van der Waals surface area contributed by atoms with Crippen LogP contribution in [0, 0.1) is 0 Å². The molecule has 0 aliphatic heterocycles. The summed E-state index contributed by atoms with van der Waals surface area (Å²) in [6, 6.07) is 0. The first kappa shape index (κ1) is 44.4. The lowest BCUT2D eigenvalue weighted by Gasteiger charge is -2.12. The number of hydrogen-bond donors (Lipinski definition) is 1. The maximum atomic E-state index is 12.0. The lowest BCUT2D eigenvalue weighted by atomic mass is 10.0. The highest BCUT2D eigenvalue weighted by atomic mass is 16.6. The molecule has 0 unspecified atom stereocenters. The zero-order valence-electron chi connectivity index (χ0n) is 30.6. The SMILES string of the molecule is CCCCC/C=C\C/C=C\CCCCCCCCCCCC(=O)OC[C@H](O)COC(=O)CCCCCCCCCCCCCCC. The van der Waals surface area contributed by atoms with Crippen LogP contribution in [0.25, 0.3) is 0 Å². The van der Waals surface area contributed by atoms with E-state index in [1.807, 2.05) is 0 Å². The number of carbonyl (C=O) groups is 2. The van der Waals surface area contributed by atoms with Gasteiger partial charge in [-0.1, -0.05) is 173 Å². The lowest BCUT2D eigenvalue weighted by molar-refractivity contribution is -0.152. The van der Waals surface area contributed by atoms with Crippen LogP contribution in [0.2, 0.25) is 0 Å². The Balaban J connectivity index is 3.41. The molecule has 0 aliphatic rings. The van der Waals surface area contributed by atoms with E-state index in [9.17, 15) is 14.7 Å². The van der Waals surface area contributed by atoms with Gasteiger partial charge in [0.05, 0.1) is 0 Å². The van der Waals surface area contributed by atoms with Crippen LogP contribution in [0.1, 0.15) is 206 Å². The Morgan fingerprint density at radius 1 is 0.457 bits per heavy atom. The van der Waals surface area contributed by atoms with E-state index in [0.29, 0.717) is 12.8 Å². The molecule has 270 valence electrons. The molecule has 0 saturated heterocycles. The van der Waals surface area contributed by atoms with Gasteiger partial charge < -0.3 is 14.6 Å². The van der Waals surface area contributed by atoms with Crippen molar-refractivity contribution in [3.05, 3.63) is 24.3 Å². The molecule has 0 radical (unpaired) electrons. The Bertz CT molecular complexity index is 701. The first-order valence-electron chi connectivity index (χ1n) is 19.9. The summed E-state index contributed by atoms with van der Waals surface area (Å²) in [5.74, 6) is -0.563. The zero-order valence-corrected chi connectivity index (χ0v) is 30.6. The molecule has 0 rings (SSSR count). The van der Waals surface area contributed by atoms with Crippen molar-refractivity contribution in [3.8, 4) is 0 Å². The van der Waals surface area contributed by atoms with Crippen LogP contribution in [-0.2, 0) is 19.1 Å². The predicted octanol–water partition coefficient (Wildman–Crippen LogP) is 12.3. The van der Waals surface area contributed by atoms with Crippen LogP contribution in [0.4, 0.5) is 0 Å². The summed E-state index contributed by atoms with van der Waals surface area (Å²) in [7, 11) is 0. The van der Waals surface area contributed by atoms with Crippen LogP contribution >= 0.6 is 0 Å². The summed E-state index contributed by atoms with van der Waals surface area (Å²) in [5, 5.41) is 10.0. The molecule has 0 amide bonds. The zero-order chi connectivity index (χ0) is 33.6. The van der Waals surface area contributed by atoms with Gasteiger partial charge in [0.1, 0.15) is 19.3 Å². The largest absolute Gasteiger partial charge is 0.463 e. The number of aliphatic hydroxyl groups is 1. The molecule has 0 heterocycles. The maximum Gasteiger partial charge on any atom is 0.305 e. The van der Waals surface area contributed by atoms with Gasteiger partial charge in [0.25, 0.3) is 0 Å². The third-order valence-corrected chi connectivity index (χ3v) is 8.69. The summed E-state index contributed by atoms with van der Waals surface area (Å²) in [4.78, 5) is 23.9. The number of carbonyl (C=O) groups excluding carboxylic acids is 2. The number of unbranched alkanes of at least 4 members (excludes halogenated alkanes) is 24. The molecule has 0 aromatic carbocycles. The molecule has 5 heteroatoms. The van der Waals surface area contributed by atoms with E-state index in [-0.39, 0.29) is 25.2 Å². The highest BCUT2D eigenvalue weighted by Gasteiger charge is 2.12. The van der Waals surface area contributed by atoms with Gasteiger partial charge in [-0.05, 0) is 44.9 Å². The molecular weight excluding hydrogens is 572 g/mol. The van der Waals surface area contributed by atoms with Crippen molar-refractivity contribution in [2.75, 3.05) is 13.2 Å². The van der Waals surface area contributed by atoms with Gasteiger partial charge in [-0.15, -0.1) is 0 Å². The van der Waals surface area contributed by atoms with Crippen molar-refractivity contribution in [2.24, 2.45) is 0 Å². The van der Waals surface area contributed by atoms with Crippen molar-refractivity contribution in [1.29, 1.82) is 0 Å². The minimum atomic E-state index is -0.960. The quantitative estimate of drug-likeness (QED) is 0.0416. The van der Waals surface area contributed by atoms with E-state index >= 15 is 0 Å². The molecule has 0 fully saturated rings. The molecule has 0 aromatic heterocycles. The second-order valence-electron chi connectivity index (χ2n) is 13.4. The topological polar surface area (TPSA) is 72.8 Å². The summed E-state index contributed by atoms with van der Waals surface area (Å²) in [5.41, 5.74) is 0. The number of ether oxygens (including phenoxy) is 2. The van der Waals surface area contributed by atoms with Crippen molar-refractivity contribution in [3.63, 3.8) is 0 Å². The monoisotopic (exact) mass is 649 g/mol. The van der Waals surface area contributed by atoms with Gasteiger partial charge in [-0.2, -0.15) is 0 Å². The van der Waals surface area contributed by atoms with Crippen LogP contribution in [0.3, 0.4) is 0 Å². The van der Waals surface area contributed by atoms with Crippen molar-refractivity contribution >= 4 is 11.9 Å². The fourth-order valence-electron chi connectivity index (χ4n) is 5.65.